The van der Waals surface area contributed by atoms with E-state index in [2.05, 4.69) is 41.2 Å². The van der Waals surface area contributed by atoms with E-state index < -0.39 is 0 Å². The predicted molar refractivity (Wildman–Crippen MR) is 99.2 cm³/mol. The van der Waals surface area contributed by atoms with E-state index >= 15 is 0 Å². The van der Waals surface area contributed by atoms with Crippen LogP contribution in [0.4, 0.5) is 0 Å². The van der Waals surface area contributed by atoms with Gasteiger partial charge in [0.05, 0.1) is 12.5 Å². The highest BCUT2D eigenvalue weighted by Crippen LogP contribution is 2.35. The Labute approximate surface area is 153 Å². The summed E-state index contributed by atoms with van der Waals surface area (Å²) in [6, 6.07) is 8.34. The number of fused-ring (bicyclic) bond motifs is 1. The highest BCUT2D eigenvalue weighted by Gasteiger charge is 2.20. The average Bonchev–Trinajstić information content (AvgIpc) is 2.91. The number of halogens is 1. The van der Waals surface area contributed by atoms with Gasteiger partial charge in [0.25, 0.3) is 0 Å². The van der Waals surface area contributed by atoms with E-state index in [1.54, 1.807) is 0 Å². The number of nitrogens with zero attached hydrogens (tertiary/aromatic N) is 2. The molecule has 0 aliphatic rings. The Bertz CT molecular complexity index is 907. The molecule has 3 aromatic rings. The van der Waals surface area contributed by atoms with Crippen molar-refractivity contribution in [2.75, 3.05) is 7.11 Å². The molecule has 0 bridgehead atoms. The highest BCUT2D eigenvalue weighted by molar-refractivity contribution is 7.98. The number of hydrogen-bond acceptors (Lipinski definition) is 6. The van der Waals surface area contributed by atoms with Gasteiger partial charge < -0.3 is 4.74 Å². The monoisotopic (exact) mass is 378 g/mol. The van der Waals surface area contributed by atoms with E-state index in [0.29, 0.717) is 20.0 Å². The zero-order valence-corrected chi connectivity index (χ0v) is 15.8. The van der Waals surface area contributed by atoms with Gasteiger partial charge in [-0.2, -0.15) is 0 Å². The van der Waals surface area contributed by atoms with Gasteiger partial charge in [0.1, 0.15) is 14.9 Å². The summed E-state index contributed by atoms with van der Waals surface area (Å²) in [5.41, 5.74) is 3.19. The minimum atomic E-state index is -0.375. The maximum Gasteiger partial charge on any atom is 0.348 e. The molecule has 4 nitrogen and oxygen atoms in total. The highest BCUT2D eigenvalue weighted by atomic mass is 35.5. The van der Waals surface area contributed by atoms with Crippen molar-refractivity contribution in [2.24, 2.45) is 0 Å². The molecule has 0 aliphatic heterocycles. The second kappa shape index (κ2) is 7.09. The van der Waals surface area contributed by atoms with Gasteiger partial charge in [-0.15, -0.1) is 11.3 Å². The molecule has 0 aliphatic carbocycles. The number of thioether (sulfide) groups is 1. The molecule has 7 heteroatoms. The number of rotatable bonds is 4. The van der Waals surface area contributed by atoms with Crippen molar-refractivity contribution in [2.45, 2.75) is 24.8 Å². The number of ether oxygens (including phenoxy) is 1. The molecule has 0 saturated heterocycles. The molecule has 1 aromatic carbocycles. The fourth-order valence-corrected chi connectivity index (χ4v) is 4.63. The summed E-state index contributed by atoms with van der Waals surface area (Å²) in [5.74, 6) is 0.386. The van der Waals surface area contributed by atoms with E-state index in [1.807, 2.05) is 6.92 Å². The summed E-state index contributed by atoms with van der Waals surface area (Å²) in [4.78, 5) is 22.0. The largest absolute Gasteiger partial charge is 0.465 e. The number of carbonyl (C=O) groups is 1. The van der Waals surface area contributed by atoms with Crippen LogP contribution in [0.5, 0.6) is 0 Å². The number of aryl methyl sites for hydroxylation is 2. The third-order valence-electron chi connectivity index (χ3n) is 3.58. The van der Waals surface area contributed by atoms with Crippen LogP contribution in [0.3, 0.4) is 0 Å². The van der Waals surface area contributed by atoms with Crippen molar-refractivity contribution in [3.63, 3.8) is 0 Å². The molecule has 0 unspecified atom stereocenters. The molecular formula is C17H15ClN2O2S2. The van der Waals surface area contributed by atoms with Gasteiger partial charge in [0, 0.05) is 5.75 Å². The zero-order chi connectivity index (χ0) is 17.3. The van der Waals surface area contributed by atoms with Gasteiger partial charge >= 0.3 is 5.97 Å². The molecule has 124 valence electrons. The van der Waals surface area contributed by atoms with Gasteiger partial charge in [0.2, 0.25) is 0 Å². The summed E-state index contributed by atoms with van der Waals surface area (Å²) < 4.78 is 4.81. The van der Waals surface area contributed by atoms with Gasteiger partial charge in [0.15, 0.2) is 5.16 Å². The van der Waals surface area contributed by atoms with E-state index in [4.69, 9.17) is 16.3 Å². The summed E-state index contributed by atoms with van der Waals surface area (Å²) >= 11 is 9.13. The predicted octanol–water partition coefficient (Wildman–Crippen LogP) is 5.04. The van der Waals surface area contributed by atoms with Crippen molar-refractivity contribution in [1.82, 2.24) is 9.97 Å². The summed E-state index contributed by atoms with van der Waals surface area (Å²) in [5, 5.41) is 1.70. The molecule has 0 N–H and O–H groups in total. The Balaban J connectivity index is 1.90. The third kappa shape index (κ3) is 3.41. The van der Waals surface area contributed by atoms with E-state index in [-0.39, 0.29) is 5.97 Å². The van der Waals surface area contributed by atoms with E-state index in [1.165, 1.54) is 41.3 Å². The molecule has 3 rings (SSSR count). The lowest BCUT2D eigenvalue weighted by atomic mass is 10.2. The van der Waals surface area contributed by atoms with Crippen LogP contribution in [0, 0.1) is 13.8 Å². The Kier molecular flexibility index (Phi) is 5.08. The van der Waals surface area contributed by atoms with Crippen LogP contribution >= 0.6 is 34.7 Å². The molecule has 2 heterocycles. The first-order valence-electron chi connectivity index (χ1n) is 7.23. The van der Waals surface area contributed by atoms with E-state index in [9.17, 15) is 4.79 Å². The van der Waals surface area contributed by atoms with Crippen LogP contribution < -0.4 is 0 Å². The number of aromatic nitrogens is 2. The summed E-state index contributed by atoms with van der Waals surface area (Å²) in [7, 11) is 1.36. The van der Waals surface area contributed by atoms with Crippen molar-refractivity contribution in [1.29, 1.82) is 0 Å². The Morgan fingerprint density at radius 2 is 1.96 bits per heavy atom. The van der Waals surface area contributed by atoms with Gasteiger partial charge in [-0.1, -0.05) is 53.2 Å². The molecule has 0 amide bonds. The Morgan fingerprint density at radius 3 is 2.62 bits per heavy atom. The Hall–Kier alpha value is -1.63. The first-order valence-corrected chi connectivity index (χ1v) is 9.41. The van der Waals surface area contributed by atoms with Crippen LogP contribution in [-0.2, 0) is 10.5 Å². The number of benzene rings is 1. The second-order valence-electron chi connectivity index (χ2n) is 5.30. The molecule has 0 saturated carbocycles. The molecule has 2 aromatic heterocycles. The zero-order valence-electron chi connectivity index (χ0n) is 13.4. The van der Waals surface area contributed by atoms with Crippen LogP contribution in [0.2, 0.25) is 5.15 Å². The first kappa shape index (κ1) is 17.2. The fraction of sp³-hybridized carbons (Fsp3) is 0.235. The normalized spacial score (nSPS) is 11.0. The standard InChI is InChI=1S/C17H15ClN2O2S2/c1-9-4-6-11(7-5-9)8-23-17-19-14(18)12-10(2)13(16(21)22-3)24-15(12)20-17/h4-7H,8H2,1-3H3. The van der Waals surface area contributed by atoms with Crippen molar-refractivity contribution in [3.05, 3.63) is 51.0 Å². The lowest BCUT2D eigenvalue weighted by Gasteiger charge is -2.03. The minimum absolute atomic E-state index is 0.371. The van der Waals surface area contributed by atoms with Crippen molar-refractivity contribution >= 4 is 50.9 Å². The fourth-order valence-electron chi connectivity index (χ4n) is 2.26. The van der Waals surface area contributed by atoms with Crippen molar-refractivity contribution < 1.29 is 9.53 Å². The number of methoxy groups -OCH3 is 1. The number of carbonyl (C=O) groups excluding carboxylic acids is 1. The number of hydrogen-bond donors (Lipinski definition) is 0. The summed E-state index contributed by atoms with van der Waals surface area (Å²) in [6.45, 7) is 3.89. The van der Waals surface area contributed by atoms with Gasteiger partial charge in [-0.25, -0.2) is 14.8 Å². The maximum atomic E-state index is 11.8. The Morgan fingerprint density at radius 1 is 1.25 bits per heavy atom. The lowest BCUT2D eigenvalue weighted by Crippen LogP contribution is -1.99. The minimum Gasteiger partial charge on any atom is -0.465 e. The molecule has 0 fully saturated rings. The summed E-state index contributed by atoms with van der Waals surface area (Å²) in [6.07, 6.45) is 0. The van der Waals surface area contributed by atoms with Crippen LogP contribution in [0.15, 0.2) is 29.4 Å². The second-order valence-corrected chi connectivity index (χ2v) is 7.60. The molecule has 0 radical (unpaired) electrons. The topological polar surface area (TPSA) is 52.1 Å². The number of esters is 1. The molecule has 0 spiro atoms. The van der Waals surface area contributed by atoms with Gasteiger partial charge in [-0.3, -0.25) is 0 Å². The van der Waals surface area contributed by atoms with Crippen LogP contribution in [-0.4, -0.2) is 23.0 Å². The van der Waals surface area contributed by atoms with Crippen LogP contribution in [0.1, 0.15) is 26.4 Å². The van der Waals surface area contributed by atoms with Gasteiger partial charge in [-0.05, 0) is 25.0 Å². The maximum absolute atomic E-state index is 11.8. The first-order chi connectivity index (χ1) is 11.5. The third-order valence-corrected chi connectivity index (χ3v) is 5.94. The molecule has 0 atom stereocenters. The molecule has 24 heavy (non-hydrogen) atoms. The smallest absolute Gasteiger partial charge is 0.348 e. The quantitative estimate of drug-likeness (QED) is 0.275. The lowest BCUT2D eigenvalue weighted by molar-refractivity contribution is 0.0605. The SMILES string of the molecule is COC(=O)c1sc2nc(SCc3ccc(C)cc3)nc(Cl)c2c1C. The van der Waals surface area contributed by atoms with Crippen molar-refractivity contribution in [3.8, 4) is 0 Å². The average molecular weight is 379 g/mol. The molecular weight excluding hydrogens is 364 g/mol. The van der Waals surface area contributed by atoms with E-state index in [0.717, 1.165) is 16.7 Å². The number of thiophene rings is 1. The van der Waals surface area contributed by atoms with Crippen LogP contribution in [0.25, 0.3) is 10.2 Å².